The molecule has 32 heavy (non-hydrogen) atoms. The monoisotopic (exact) mass is 446 g/mol. The molecule has 1 aliphatic rings. The van der Waals surface area contributed by atoms with E-state index in [0.29, 0.717) is 27.9 Å². The number of carbonyl (C=O) groups excluding carboxylic acids is 1. The van der Waals surface area contributed by atoms with Gasteiger partial charge < -0.3 is 9.47 Å². The third kappa shape index (κ3) is 4.13. The summed E-state index contributed by atoms with van der Waals surface area (Å²) < 4.78 is 10.9. The molecule has 0 bridgehead atoms. The fraction of sp³-hybridized carbons (Fsp3) is 0.250. The number of ether oxygens (including phenoxy) is 2. The molecule has 5 rings (SSSR count). The molecular formula is C24H22N4O3S. The standard InChI is InChI=1S/C24H22N4O3S/c1-24(2,3)12-21-27-28-23(32-21)26-22(29)16-11-18(25-17-7-5-4-6-15(16)17)14-8-9-19-20(10-14)31-13-30-19/h4-11H,12-13H2,1-3H3,(H,26,28,29). The molecule has 0 fully saturated rings. The number of fused-ring (bicyclic) bond motifs is 2. The number of para-hydroxylation sites is 1. The van der Waals surface area contributed by atoms with Crippen LogP contribution in [0.1, 0.15) is 36.1 Å². The minimum absolute atomic E-state index is 0.0988. The van der Waals surface area contributed by atoms with Gasteiger partial charge in [-0.05, 0) is 35.7 Å². The van der Waals surface area contributed by atoms with Gasteiger partial charge in [-0.25, -0.2) is 4.98 Å². The number of hydrogen-bond donors (Lipinski definition) is 1. The lowest BCUT2D eigenvalue weighted by molar-refractivity contribution is 0.102. The summed E-state index contributed by atoms with van der Waals surface area (Å²) in [6.45, 7) is 6.64. The summed E-state index contributed by atoms with van der Waals surface area (Å²) in [6, 6.07) is 15.0. The number of hydrogen-bond acceptors (Lipinski definition) is 7. The number of nitrogens with zero attached hydrogens (tertiary/aromatic N) is 3. The van der Waals surface area contributed by atoms with E-state index in [9.17, 15) is 4.79 Å². The van der Waals surface area contributed by atoms with Crippen LogP contribution in [0.2, 0.25) is 0 Å². The molecule has 0 saturated heterocycles. The Kier molecular flexibility index (Phi) is 5.01. The third-order valence-electron chi connectivity index (χ3n) is 5.00. The first kappa shape index (κ1) is 20.4. The lowest BCUT2D eigenvalue weighted by Crippen LogP contribution is -2.13. The molecule has 1 N–H and O–H groups in total. The maximum atomic E-state index is 13.2. The zero-order valence-electron chi connectivity index (χ0n) is 18.0. The van der Waals surface area contributed by atoms with E-state index in [4.69, 9.17) is 14.5 Å². The first-order chi connectivity index (χ1) is 15.4. The van der Waals surface area contributed by atoms with E-state index >= 15 is 0 Å². The molecule has 1 amide bonds. The number of anilines is 1. The van der Waals surface area contributed by atoms with Crippen molar-refractivity contribution in [3.63, 3.8) is 0 Å². The van der Waals surface area contributed by atoms with Crippen molar-refractivity contribution in [3.8, 4) is 22.8 Å². The molecule has 0 aliphatic carbocycles. The Balaban J connectivity index is 1.50. The smallest absolute Gasteiger partial charge is 0.258 e. The molecule has 4 aromatic rings. The first-order valence-corrected chi connectivity index (χ1v) is 11.1. The number of rotatable bonds is 4. The molecule has 0 radical (unpaired) electrons. The van der Waals surface area contributed by atoms with E-state index in [1.165, 1.54) is 11.3 Å². The zero-order chi connectivity index (χ0) is 22.3. The Hall–Kier alpha value is -3.52. The van der Waals surface area contributed by atoms with Crippen LogP contribution >= 0.6 is 11.3 Å². The van der Waals surface area contributed by atoms with Gasteiger partial charge in [-0.3, -0.25) is 10.1 Å². The lowest BCUT2D eigenvalue weighted by atomic mass is 9.93. The predicted molar refractivity (Wildman–Crippen MR) is 124 cm³/mol. The van der Waals surface area contributed by atoms with Gasteiger partial charge in [-0.15, -0.1) is 10.2 Å². The first-order valence-electron chi connectivity index (χ1n) is 10.3. The fourth-order valence-corrected chi connectivity index (χ4v) is 4.60. The summed E-state index contributed by atoms with van der Waals surface area (Å²) >= 11 is 1.40. The Morgan fingerprint density at radius 1 is 1.06 bits per heavy atom. The number of amides is 1. The summed E-state index contributed by atoms with van der Waals surface area (Å²) in [5.41, 5.74) is 2.88. The van der Waals surface area contributed by atoms with E-state index in [1.54, 1.807) is 6.07 Å². The maximum Gasteiger partial charge on any atom is 0.258 e. The van der Waals surface area contributed by atoms with Crippen LogP contribution in [0.25, 0.3) is 22.2 Å². The van der Waals surface area contributed by atoms with Gasteiger partial charge in [0.05, 0.1) is 16.8 Å². The van der Waals surface area contributed by atoms with Crippen LogP contribution < -0.4 is 14.8 Å². The van der Waals surface area contributed by atoms with Crippen LogP contribution in [0.3, 0.4) is 0 Å². The molecule has 0 saturated carbocycles. The minimum Gasteiger partial charge on any atom is -0.454 e. The summed E-state index contributed by atoms with van der Waals surface area (Å²) in [5, 5.41) is 13.4. The second-order valence-electron chi connectivity index (χ2n) is 8.83. The fourth-order valence-electron chi connectivity index (χ4n) is 3.56. The normalized spacial score (nSPS) is 12.8. The number of aromatic nitrogens is 3. The average Bonchev–Trinajstić information content (AvgIpc) is 3.40. The Morgan fingerprint density at radius 3 is 2.72 bits per heavy atom. The lowest BCUT2D eigenvalue weighted by Gasteiger charge is -2.14. The highest BCUT2D eigenvalue weighted by molar-refractivity contribution is 7.15. The van der Waals surface area contributed by atoms with Crippen molar-refractivity contribution in [1.82, 2.24) is 15.2 Å². The predicted octanol–water partition coefficient (Wildman–Crippen LogP) is 5.32. The van der Waals surface area contributed by atoms with Crippen molar-refractivity contribution in [2.75, 3.05) is 12.1 Å². The van der Waals surface area contributed by atoms with E-state index < -0.39 is 0 Å². The van der Waals surface area contributed by atoms with Crippen molar-refractivity contribution < 1.29 is 14.3 Å². The highest BCUT2D eigenvalue weighted by Gasteiger charge is 2.20. The summed E-state index contributed by atoms with van der Waals surface area (Å²) in [7, 11) is 0. The van der Waals surface area contributed by atoms with E-state index in [1.807, 2.05) is 42.5 Å². The Morgan fingerprint density at radius 2 is 1.88 bits per heavy atom. The maximum absolute atomic E-state index is 13.2. The summed E-state index contributed by atoms with van der Waals surface area (Å²) in [4.78, 5) is 18.0. The average molecular weight is 447 g/mol. The molecule has 0 atom stereocenters. The van der Waals surface area contributed by atoms with Gasteiger partial charge in [-0.1, -0.05) is 50.3 Å². The largest absolute Gasteiger partial charge is 0.454 e. The quantitative estimate of drug-likeness (QED) is 0.456. The number of nitrogens with one attached hydrogen (secondary N) is 1. The Labute approximate surface area is 189 Å². The van der Waals surface area contributed by atoms with Crippen LogP contribution in [0.5, 0.6) is 11.5 Å². The molecule has 3 heterocycles. The number of benzene rings is 2. The van der Waals surface area contributed by atoms with E-state index in [2.05, 4.69) is 36.3 Å². The second-order valence-corrected chi connectivity index (χ2v) is 9.89. The van der Waals surface area contributed by atoms with E-state index in [0.717, 1.165) is 27.9 Å². The second kappa shape index (κ2) is 7.87. The van der Waals surface area contributed by atoms with Crippen LogP contribution in [0.15, 0.2) is 48.5 Å². The molecule has 162 valence electrons. The van der Waals surface area contributed by atoms with Gasteiger partial charge in [0.15, 0.2) is 11.5 Å². The van der Waals surface area contributed by atoms with Crippen molar-refractivity contribution in [1.29, 1.82) is 0 Å². The number of pyridine rings is 1. The minimum atomic E-state index is -0.246. The molecule has 2 aromatic carbocycles. The number of carbonyl (C=O) groups is 1. The van der Waals surface area contributed by atoms with Crippen molar-refractivity contribution in [2.45, 2.75) is 27.2 Å². The topological polar surface area (TPSA) is 86.2 Å². The summed E-state index contributed by atoms with van der Waals surface area (Å²) in [5.74, 6) is 1.13. The van der Waals surface area contributed by atoms with Gasteiger partial charge in [0.25, 0.3) is 5.91 Å². The summed E-state index contributed by atoms with van der Waals surface area (Å²) in [6.07, 6.45) is 0.799. The molecule has 8 heteroatoms. The highest BCUT2D eigenvalue weighted by Crippen LogP contribution is 2.36. The van der Waals surface area contributed by atoms with Crippen LogP contribution in [0, 0.1) is 5.41 Å². The molecule has 1 aliphatic heterocycles. The SMILES string of the molecule is CC(C)(C)Cc1nnc(NC(=O)c2cc(-c3ccc4c(c3)OCO4)nc3ccccc23)s1. The van der Waals surface area contributed by atoms with Crippen LogP contribution in [-0.2, 0) is 6.42 Å². The van der Waals surface area contributed by atoms with Gasteiger partial charge in [0.1, 0.15) is 5.01 Å². The van der Waals surface area contributed by atoms with Gasteiger partial charge in [-0.2, -0.15) is 0 Å². The third-order valence-corrected chi connectivity index (χ3v) is 5.84. The van der Waals surface area contributed by atoms with Crippen molar-refractivity contribution >= 4 is 33.3 Å². The molecule has 0 spiro atoms. The molecular weight excluding hydrogens is 424 g/mol. The molecule has 7 nitrogen and oxygen atoms in total. The zero-order valence-corrected chi connectivity index (χ0v) is 18.8. The van der Waals surface area contributed by atoms with Gasteiger partial charge >= 0.3 is 0 Å². The van der Waals surface area contributed by atoms with Crippen molar-refractivity contribution in [3.05, 3.63) is 59.1 Å². The van der Waals surface area contributed by atoms with Gasteiger partial charge in [0, 0.05) is 17.4 Å². The van der Waals surface area contributed by atoms with Crippen LogP contribution in [-0.4, -0.2) is 27.9 Å². The molecule has 0 unspecified atom stereocenters. The van der Waals surface area contributed by atoms with Crippen LogP contribution in [0.4, 0.5) is 5.13 Å². The van der Waals surface area contributed by atoms with Crippen molar-refractivity contribution in [2.24, 2.45) is 5.41 Å². The highest BCUT2D eigenvalue weighted by atomic mass is 32.1. The Bertz CT molecular complexity index is 1330. The van der Waals surface area contributed by atoms with E-state index in [-0.39, 0.29) is 18.1 Å². The van der Waals surface area contributed by atoms with Gasteiger partial charge in [0.2, 0.25) is 11.9 Å². The molecule has 2 aromatic heterocycles.